The van der Waals surface area contributed by atoms with Gasteiger partial charge >= 0.3 is 0 Å². The Balaban J connectivity index is 1.90. The zero-order valence-electron chi connectivity index (χ0n) is 16.2. The van der Waals surface area contributed by atoms with Crippen LogP contribution in [0, 0.1) is 6.92 Å². The predicted octanol–water partition coefficient (Wildman–Crippen LogP) is 3.85. The van der Waals surface area contributed by atoms with Crippen LogP contribution in [0.5, 0.6) is 0 Å². The van der Waals surface area contributed by atoms with E-state index in [0.29, 0.717) is 17.3 Å². The molecule has 0 aliphatic rings. The molecule has 0 fully saturated rings. The van der Waals surface area contributed by atoms with Crippen molar-refractivity contribution in [3.63, 3.8) is 0 Å². The average Bonchev–Trinajstić information content (AvgIpc) is 2.60. The molecule has 0 saturated heterocycles. The van der Waals surface area contributed by atoms with Crippen LogP contribution in [0.2, 0.25) is 5.02 Å². The van der Waals surface area contributed by atoms with Gasteiger partial charge < -0.3 is 5.32 Å². The number of hydrogen-bond acceptors (Lipinski definition) is 4. The maximum atomic E-state index is 12.5. The molecule has 2 aromatic carbocycles. The van der Waals surface area contributed by atoms with Crippen molar-refractivity contribution in [2.24, 2.45) is 0 Å². The van der Waals surface area contributed by atoms with Gasteiger partial charge in [-0.1, -0.05) is 47.5 Å². The molecule has 1 unspecified atom stereocenters. The molecule has 2 rings (SSSR count). The van der Waals surface area contributed by atoms with Gasteiger partial charge in [-0.2, -0.15) is 11.8 Å². The second kappa shape index (κ2) is 10.2. The molecule has 28 heavy (non-hydrogen) atoms. The van der Waals surface area contributed by atoms with Gasteiger partial charge in [-0.15, -0.1) is 0 Å². The number of rotatable bonds is 9. The van der Waals surface area contributed by atoms with Gasteiger partial charge in [0.25, 0.3) is 0 Å². The third-order valence-corrected chi connectivity index (χ3v) is 6.56. The van der Waals surface area contributed by atoms with Gasteiger partial charge in [0.05, 0.1) is 11.9 Å². The van der Waals surface area contributed by atoms with E-state index in [1.807, 2.05) is 6.07 Å². The van der Waals surface area contributed by atoms with E-state index in [9.17, 15) is 13.2 Å². The van der Waals surface area contributed by atoms with Gasteiger partial charge in [0.15, 0.2) is 0 Å². The topological polar surface area (TPSA) is 66.5 Å². The molecule has 0 heterocycles. The second-order valence-corrected chi connectivity index (χ2v) is 9.95. The van der Waals surface area contributed by atoms with E-state index in [1.165, 1.54) is 17.2 Å². The first-order valence-electron chi connectivity index (χ1n) is 8.84. The number of aryl methyl sites for hydroxylation is 1. The smallest absolute Gasteiger partial charge is 0.243 e. The Morgan fingerprint density at radius 1 is 1.21 bits per heavy atom. The normalized spacial score (nSPS) is 12.4. The molecule has 0 aliphatic heterocycles. The number of carbonyl (C=O) groups excluding carboxylic acids is 1. The third-order valence-electron chi connectivity index (χ3n) is 4.05. The molecule has 8 heteroatoms. The number of nitrogens with one attached hydrogen (secondary N) is 1. The number of nitrogens with zero attached hydrogens (tertiary/aromatic N) is 1. The summed E-state index contributed by atoms with van der Waals surface area (Å²) in [6.45, 7) is 4.09. The van der Waals surface area contributed by atoms with E-state index in [1.54, 1.807) is 36.9 Å². The highest BCUT2D eigenvalue weighted by Crippen LogP contribution is 2.24. The number of carbonyl (C=O) groups is 1. The number of anilines is 1. The lowest BCUT2D eigenvalue weighted by Gasteiger charge is -2.28. The lowest BCUT2D eigenvalue weighted by Crippen LogP contribution is -2.48. The predicted molar refractivity (Wildman–Crippen MR) is 119 cm³/mol. The summed E-state index contributed by atoms with van der Waals surface area (Å²) >= 11 is 7.69. The summed E-state index contributed by atoms with van der Waals surface area (Å²) in [5.41, 5.74) is 2.84. The minimum absolute atomic E-state index is 0.346. The zero-order chi connectivity index (χ0) is 20.7. The monoisotopic (exact) mass is 440 g/mol. The highest BCUT2D eigenvalue weighted by atomic mass is 35.5. The number of halogens is 1. The van der Waals surface area contributed by atoms with E-state index in [0.717, 1.165) is 22.1 Å². The zero-order valence-corrected chi connectivity index (χ0v) is 18.6. The first kappa shape index (κ1) is 22.6. The lowest BCUT2D eigenvalue weighted by molar-refractivity contribution is -0.121. The largest absolute Gasteiger partial charge is 0.353 e. The van der Waals surface area contributed by atoms with Gasteiger partial charge in [-0.05, 0) is 37.6 Å². The van der Waals surface area contributed by atoms with E-state index in [4.69, 9.17) is 11.6 Å². The summed E-state index contributed by atoms with van der Waals surface area (Å²) in [6, 6.07) is 13.9. The minimum atomic E-state index is -3.65. The highest BCUT2D eigenvalue weighted by Gasteiger charge is 2.28. The Hall–Kier alpha value is -1.70. The summed E-state index contributed by atoms with van der Waals surface area (Å²) < 4.78 is 25.6. The molecule has 1 N–H and O–H groups in total. The molecule has 0 aliphatic carbocycles. The van der Waals surface area contributed by atoms with Crippen LogP contribution < -0.4 is 9.62 Å². The molecule has 0 aromatic heterocycles. The van der Waals surface area contributed by atoms with Crippen LogP contribution in [-0.2, 0) is 20.6 Å². The Bertz CT molecular complexity index is 919. The number of amides is 1. The first-order chi connectivity index (χ1) is 13.2. The highest BCUT2D eigenvalue weighted by molar-refractivity contribution is 7.98. The molecule has 5 nitrogen and oxygen atoms in total. The maximum Gasteiger partial charge on any atom is 0.243 e. The van der Waals surface area contributed by atoms with E-state index >= 15 is 0 Å². The molecule has 0 saturated carbocycles. The van der Waals surface area contributed by atoms with E-state index in [-0.39, 0.29) is 5.91 Å². The quantitative estimate of drug-likeness (QED) is 0.601. The van der Waals surface area contributed by atoms with Crippen LogP contribution >= 0.6 is 23.4 Å². The fourth-order valence-corrected chi connectivity index (χ4v) is 4.97. The Morgan fingerprint density at radius 2 is 1.93 bits per heavy atom. The Morgan fingerprint density at radius 3 is 2.57 bits per heavy atom. The van der Waals surface area contributed by atoms with Crippen LogP contribution in [0.3, 0.4) is 0 Å². The van der Waals surface area contributed by atoms with Crippen molar-refractivity contribution in [2.75, 3.05) is 22.9 Å². The Kier molecular flexibility index (Phi) is 8.22. The molecule has 0 spiro atoms. The number of benzene rings is 2. The number of sulfonamides is 1. The lowest BCUT2D eigenvalue weighted by atomic mass is 10.2. The maximum absolute atomic E-state index is 12.5. The fourth-order valence-electron chi connectivity index (χ4n) is 2.81. The van der Waals surface area contributed by atoms with Crippen molar-refractivity contribution in [1.29, 1.82) is 0 Å². The Labute approximate surface area is 176 Å². The average molecular weight is 441 g/mol. The second-order valence-electron chi connectivity index (χ2n) is 6.55. The number of hydrogen-bond donors (Lipinski definition) is 1. The molecule has 152 valence electrons. The SMILES string of the molecule is Cc1cccc(CSCCNC(=O)C(C)N(c2cccc(Cl)c2)S(C)(=O)=O)c1. The van der Waals surface area contributed by atoms with Crippen LogP contribution in [0.25, 0.3) is 0 Å². The molecule has 1 atom stereocenters. The van der Waals surface area contributed by atoms with Crippen molar-refractivity contribution < 1.29 is 13.2 Å². The summed E-state index contributed by atoms with van der Waals surface area (Å²) in [5, 5.41) is 3.23. The van der Waals surface area contributed by atoms with E-state index < -0.39 is 16.1 Å². The fraction of sp³-hybridized carbons (Fsp3) is 0.350. The van der Waals surface area contributed by atoms with Crippen LogP contribution in [0.4, 0.5) is 5.69 Å². The third kappa shape index (κ3) is 6.72. The van der Waals surface area contributed by atoms with Crippen LogP contribution in [0.15, 0.2) is 48.5 Å². The molecule has 1 amide bonds. The molecule has 2 aromatic rings. The summed E-state index contributed by atoms with van der Waals surface area (Å²) in [6.07, 6.45) is 1.08. The molecular weight excluding hydrogens is 416 g/mol. The summed E-state index contributed by atoms with van der Waals surface area (Å²) in [7, 11) is -3.65. The standard InChI is InChI=1S/C20H25ClN2O3S2/c1-15-6-4-7-17(12-15)14-27-11-10-22-20(24)16(2)23(28(3,25)26)19-9-5-8-18(21)13-19/h4-9,12-13,16H,10-11,14H2,1-3H3,(H,22,24). The molecule has 0 radical (unpaired) electrons. The van der Waals surface area contributed by atoms with Gasteiger partial charge in [-0.3, -0.25) is 9.10 Å². The summed E-state index contributed by atoms with van der Waals surface area (Å²) in [4.78, 5) is 12.5. The van der Waals surface area contributed by atoms with Crippen LogP contribution in [-0.4, -0.2) is 38.9 Å². The van der Waals surface area contributed by atoms with Crippen LogP contribution in [0.1, 0.15) is 18.1 Å². The van der Waals surface area contributed by atoms with Gasteiger partial charge in [0.2, 0.25) is 15.9 Å². The van der Waals surface area contributed by atoms with Crippen molar-refractivity contribution >= 4 is 45.0 Å². The first-order valence-corrected chi connectivity index (χ1v) is 12.2. The van der Waals surface area contributed by atoms with Gasteiger partial charge in [0.1, 0.15) is 6.04 Å². The summed E-state index contributed by atoms with van der Waals surface area (Å²) in [5.74, 6) is 1.26. The van der Waals surface area contributed by atoms with Crippen molar-refractivity contribution in [3.05, 3.63) is 64.7 Å². The van der Waals surface area contributed by atoms with Crippen molar-refractivity contribution in [3.8, 4) is 0 Å². The van der Waals surface area contributed by atoms with Gasteiger partial charge in [0, 0.05) is 23.1 Å². The minimum Gasteiger partial charge on any atom is -0.353 e. The molecular formula is C20H25ClN2O3S2. The van der Waals surface area contributed by atoms with Crippen molar-refractivity contribution in [2.45, 2.75) is 25.6 Å². The van der Waals surface area contributed by atoms with Crippen molar-refractivity contribution in [1.82, 2.24) is 5.32 Å². The number of thioether (sulfide) groups is 1. The van der Waals surface area contributed by atoms with E-state index in [2.05, 4.69) is 30.4 Å². The van der Waals surface area contributed by atoms with Gasteiger partial charge in [-0.25, -0.2) is 8.42 Å². The molecule has 0 bridgehead atoms.